The molecule has 1 aliphatic heterocycles. The van der Waals surface area contributed by atoms with E-state index in [2.05, 4.69) is 5.32 Å². The van der Waals surface area contributed by atoms with Gasteiger partial charge in [-0.25, -0.2) is 4.79 Å². The van der Waals surface area contributed by atoms with E-state index in [0.29, 0.717) is 17.1 Å². The van der Waals surface area contributed by atoms with Crippen LogP contribution in [0.2, 0.25) is 0 Å². The third-order valence-electron chi connectivity index (χ3n) is 3.94. The van der Waals surface area contributed by atoms with Gasteiger partial charge in [0.15, 0.2) is 11.5 Å². The first-order chi connectivity index (χ1) is 12.0. The molecule has 142 valence electrons. The van der Waals surface area contributed by atoms with Gasteiger partial charge >= 0.3 is 12.0 Å². The minimum Gasteiger partial charge on any atom is -0.493 e. The molecule has 0 radical (unpaired) electrons. The number of ether oxygens (including phenoxy) is 3. The lowest BCUT2D eigenvalue weighted by molar-refractivity contribution is -0.157. The highest BCUT2D eigenvalue weighted by Gasteiger charge is 2.50. The number of carbonyl (C=O) groups is 3. The molecule has 8 nitrogen and oxygen atoms in total. The molecule has 1 heterocycles. The summed E-state index contributed by atoms with van der Waals surface area (Å²) in [6.07, 6.45) is 0. The first-order valence-corrected chi connectivity index (χ1v) is 8.10. The van der Waals surface area contributed by atoms with E-state index in [9.17, 15) is 14.4 Å². The van der Waals surface area contributed by atoms with Gasteiger partial charge in [0.1, 0.15) is 17.7 Å². The molecule has 0 unspecified atom stereocenters. The average Bonchev–Trinajstić information content (AvgIpc) is 2.76. The lowest BCUT2D eigenvalue weighted by atomic mass is 9.91. The molecule has 0 saturated carbocycles. The molecule has 26 heavy (non-hydrogen) atoms. The molecule has 0 spiro atoms. The van der Waals surface area contributed by atoms with Crippen LogP contribution in [0.3, 0.4) is 0 Å². The normalized spacial score (nSPS) is 20.0. The number of carbonyl (C=O) groups excluding carboxylic acids is 3. The fourth-order valence-electron chi connectivity index (χ4n) is 2.69. The third-order valence-corrected chi connectivity index (χ3v) is 3.94. The number of esters is 1. The molecule has 1 atom stereocenters. The van der Waals surface area contributed by atoms with Gasteiger partial charge in [0.2, 0.25) is 0 Å². The van der Waals surface area contributed by atoms with E-state index in [-0.39, 0.29) is 0 Å². The molecular formula is C18H24N2O6. The number of urea groups is 1. The van der Waals surface area contributed by atoms with E-state index in [4.69, 9.17) is 14.2 Å². The molecule has 1 N–H and O–H groups in total. The van der Waals surface area contributed by atoms with Crippen LogP contribution in [0.15, 0.2) is 18.2 Å². The van der Waals surface area contributed by atoms with Crippen molar-refractivity contribution in [2.75, 3.05) is 20.8 Å². The highest BCUT2D eigenvalue weighted by molar-refractivity contribution is 6.08. The molecule has 1 saturated heterocycles. The topological polar surface area (TPSA) is 94.2 Å². The number of methoxy groups -OCH3 is 2. The van der Waals surface area contributed by atoms with Gasteiger partial charge in [-0.05, 0) is 45.4 Å². The van der Waals surface area contributed by atoms with Crippen molar-refractivity contribution in [3.8, 4) is 11.5 Å². The van der Waals surface area contributed by atoms with Crippen molar-refractivity contribution < 1.29 is 28.6 Å². The zero-order valence-corrected chi connectivity index (χ0v) is 15.8. The Morgan fingerprint density at radius 3 is 2.31 bits per heavy atom. The van der Waals surface area contributed by atoms with Gasteiger partial charge in [0.25, 0.3) is 5.91 Å². The van der Waals surface area contributed by atoms with Crippen LogP contribution < -0.4 is 14.8 Å². The second kappa shape index (κ2) is 6.86. The Hall–Kier alpha value is -2.77. The Morgan fingerprint density at radius 2 is 1.77 bits per heavy atom. The van der Waals surface area contributed by atoms with E-state index in [0.717, 1.165) is 4.90 Å². The Kier molecular flexibility index (Phi) is 5.16. The van der Waals surface area contributed by atoms with Crippen molar-refractivity contribution in [1.82, 2.24) is 10.2 Å². The first-order valence-electron chi connectivity index (χ1n) is 8.10. The van der Waals surface area contributed by atoms with Crippen molar-refractivity contribution in [2.45, 2.75) is 38.8 Å². The zero-order valence-electron chi connectivity index (χ0n) is 15.8. The smallest absolute Gasteiger partial charge is 0.326 e. The van der Waals surface area contributed by atoms with Crippen LogP contribution in [-0.4, -0.2) is 49.2 Å². The van der Waals surface area contributed by atoms with Gasteiger partial charge in [-0.3, -0.25) is 14.5 Å². The van der Waals surface area contributed by atoms with E-state index in [1.54, 1.807) is 45.9 Å². The van der Waals surface area contributed by atoms with Crippen molar-refractivity contribution in [2.24, 2.45) is 0 Å². The standard InChI is InChI=1S/C18H24N2O6/c1-17(2,3)26-14(21)10-20-15(22)18(4,19-16(20)23)11-7-8-12(24-5)13(9-11)25-6/h7-9H,10H2,1-6H3,(H,19,23)/t18-/m1/s1. The summed E-state index contributed by atoms with van der Waals surface area (Å²) in [5, 5.41) is 2.64. The van der Waals surface area contributed by atoms with Gasteiger partial charge < -0.3 is 19.5 Å². The SMILES string of the molecule is COc1ccc([C@@]2(C)NC(=O)N(CC(=O)OC(C)(C)C)C2=O)cc1OC. The predicted molar refractivity (Wildman–Crippen MR) is 93.0 cm³/mol. The minimum absolute atomic E-state index is 0.430. The molecule has 1 aromatic rings. The maximum atomic E-state index is 12.9. The van der Waals surface area contributed by atoms with Crippen LogP contribution >= 0.6 is 0 Å². The monoisotopic (exact) mass is 364 g/mol. The summed E-state index contributed by atoms with van der Waals surface area (Å²) in [4.78, 5) is 38.0. The van der Waals surface area contributed by atoms with Crippen LogP contribution in [0.5, 0.6) is 11.5 Å². The number of hydrogen-bond donors (Lipinski definition) is 1. The second-order valence-corrected chi connectivity index (χ2v) is 7.10. The van der Waals surface area contributed by atoms with E-state index in [1.807, 2.05) is 0 Å². The van der Waals surface area contributed by atoms with E-state index < -0.39 is 35.6 Å². The lowest BCUT2D eigenvalue weighted by Gasteiger charge is -2.24. The summed E-state index contributed by atoms with van der Waals surface area (Å²) in [5.41, 5.74) is -1.51. The van der Waals surface area contributed by atoms with Gasteiger partial charge in [-0.15, -0.1) is 0 Å². The summed E-state index contributed by atoms with van der Waals surface area (Å²) < 4.78 is 15.6. The number of benzene rings is 1. The molecule has 3 amide bonds. The number of amides is 3. The number of rotatable bonds is 5. The van der Waals surface area contributed by atoms with Crippen molar-refractivity contribution in [1.29, 1.82) is 0 Å². The molecular weight excluding hydrogens is 340 g/mol. The van der Waals surface area contributed by atoms with Crippen LogP contribution in [0, 0.1) is 0 Å². The van der Waals surface area contributed by atoms with Gasteiger partial charge in [-0.2, -0.15) is 0 Å². The molecule has 0 aliphatic carbocycles. The van der Waals surface area contributed by atoms with Crippen LogP contribution in [-0.2, 0) is 19.9 Å². The summed E-state index contributed by atoms with van der Waals surface area (Å²) in [6, 6.07) is 4.28. The Morgan fingerprint density at radius 1 is 1.15 bits per heavy atom. The number of hydrogen-bond acceptors (Lipinski definition) is 6. The van der Waals surface area contributed by atoms with Crippen LogP contribution in [0.4, 0.5) is 4.79 Å². The van der Waals surface area contributed by atoms with E-state index >= 15 is 0 Å². The molecule has 1 aromatic carbocycles. The first kappa shape index (κ1) is 19.6. The summed E-state index contributed by atoms with van der Waals surface area (Å²) in [5.74, 6) is -0.265. The Labute approximate surface area is 152 Å². The molecule has 8 heteroatoms. The third kappa shape index (κ3) is 3.74. The van der Waals surface area contributed by atoms with Gasteiger partial charge in [0, 0.05) is 0 Å². The molecule has 0 aromatic heterocycles. The maximum absolute atomic E-state index is 12.9. The largest absolute Gasteiger partial charge is 0.493 e. The molecule has 0 bridgehead atoms. The highest BCUT2D eigenvalue weighted by atomic mass is 16.6. The Balaban J connectivity index is 2.27. The highest BCUT2D eigenvalue weighted by Crippen LogP contribution is 2.35. The second-order valence-electron chi connectivity index (χ2n) is 7.10. The van der Waals surface area contributed by atoms with Crippen molar-refractivity contribution in [3.05, 3.63) is 23.8 Å². The number of nitrogens with one attached hydrogen (secondary N) is 1. The zero-order chi connectivity index (χ0) is 19.7. The minimum atomic E-state index is -1.32. The molecule has 1 fully saturated rings. The summed E-state index contributed by atoms with van der Waals surface area (Å²) in [6.45, 7) is 6.26. The summed E-state index contributed by atoms with van der Waals surface area (Å²) >= 11 is 0. The van der Waals surface area contributed by atoms with Crippen LogP contribution in [0.1, 0.15) is 33.3 Å². The van der Waals surface area contributed by atoms with Gasteiger partial charge in [-0.1, -0.05) is 6.07 Å². The fraction of sp³-hybridized carbons (Fsp3) is 0.500. The van der Waals surface area contributed by atoms with Crippen LogP contribution in [0.25, 0.3) is 0 Å². The quantitative estimate of drug-likeness (QED) is 0.633. The fourth-order valence-corrected chi connectivity index (χ4v) is 2.69. The van der Waals surface area contributed by atoms with Gasteiger partial charge in [0.05, 0.1) is 14.2 Å². The molecule has 2 rings (SSSR count). The number of imide groups is 1. The average molecular weight is 364 g/mol. The van der Waals surface area contributed by atoms with Crippen molar-refractivity contribution in [3.63, 3.8) is 0 Å². The molecule has 1 aliphatic rings. The Bertz CT molecular complexity index is 740. The number of nitrogens with zero attached hydrogens (tertiary/aromatic N) is 1. The van der Waals surface area contributed by atoms with Crippen molar-refractivity contribution >= 4 is 17.9 Å². The lowest BCUT2D eigenvalue weighted by Crippen LogP contribution is -2.42. The summed E-state index contributed by atoms with van der Waals surface area (Å²) in [7, 11) is 2.98. The maximum Gasteiger partial charge on any atom is 0.326 e. The van der Waals surface area contributed by atoms with E-state index in [1.165, 1.54) is 14.2 Å². The predicted octanol–water partition coefficient (Wildman–Crippen LogP) is 1.81.